The molecule has 0 amide bonds. The highest BCUT2D eigenvalue weighted by Gasteiger charge is 2.22. The molecule has 1 aromatic carbocycles. The topological polar surface area (TPSA) is 21.3 Å². The van der Waals surface area contributed by atoms with Crippen LogP contribution in [-0.2, 0) is 0 Å². The number of nitrogens with one attached hydrogen (secondary N) is 1. The van der Waals surface area contributed by atoms with Crippen LogP contribution in [0.3, 0.4) is 0 Å². The minimum atomic E-state index is 0.290. The normalized spacial score (nSPS) is 12.8. The van der Waals surface area contributed by atoms with Crippen molar-refractivity contribution in [3.05, 3.63) is 28.8 Å². The van der Waals surface area contributed by atoms with Crippen molar-refractivity contribution >= 4 is 11.6 Å². The summed E-state index contributed by atoms with van der Waals surface area (Å²) >= 11 is 6.08. The third-order valence-corrected chi connectivity index (χ3v) is 3.59. The van der Waals surface area contributed by atoms with Gasteiger partial charge in [0.15, 0.2) is 0 Å². The van der Waals surface area contributed by atoms with Crippen molar-refractivity contribution in [3.8, 4) is 5.75 Å². The minimum Gasteiger partial charge on any atom is -0.496 e. The Bertz CT molecular complexity index is 350. The van der Waals surface area contributed by atoms with Gasteiger partial charge in [0.25, 0.3) is 0 Å². The molecule has 0 aromatic heterocycles. The first-order chi connectivity index (χ1) is 8.17. The van der Waals surface area contributed by atoms with Crippen LogP contribution in [0.4, 0.5) is 0 Å². The lowest BCUT2D eigenvalue weighted by molar-refractivity contribution is 0.340. The smallest absolute Gasteiger partial charge is 0.123 e. The fourth-order valence-corrected chi connectivity index (χ4v) is 2.53. The van der Waals surface area contributed by atoms with Crippen LogP contribution in [0.5, 0.6) is 5.75 Å². The molecule has 96 valence electrons. The molecular formula is C14H22ClNO. The third kappa shape index (κ3) is 3.36. The molecule has 1 N–H and O–H groups in total. The second-order valence-electron chi connectivity index (χ2n) is 4.23. The molecule has 0 saturated heterocycles. The fraction of sp³-hybridized carbons (Fsp3) is 0.571. The average Bonchev–Trinajstić information content (AvgIpc) is 2.35. The Morgan fingerprint density at radius 3 is 2.41 bits per heavy atom. The van der Waals surface area contributed by atoms with Crippen LogP contribution in [0.25, 0.3) is 0 Å². The second-order valence-corrected chi connectivity index (χ2v) is 4.67. The van der Waals surface area contributed by atoms with Gasteiger partial charge in [-0.1, -0.05) is 38.3 Å². The van der Waals surface area contributed by atoms with Gasteiger partial charge < -0.3 is 10.1 Å². The molecule has 0 heterocycles. The Labute approximate surface area is 109 Å². The second kappa shape index (κ2) is 6.87. The highest BCUT2D eigenvalue weighted by molar-refractivity contribution is 6.30. The van der Waals surface area contributed by atoms with Gasteiger partial charge in [0.1, 0.15) is 5.75 Å². The number of ether oxygens (including phenoxy) is 1. The van der Waals surface area contributed by atoms with E-state index in [0.29, 0.717) is 12.0 Å². The van der Waals surface area contributed by atoms with Gasteiger partial charge in [-0.05, 0) is 31.2 Å². The highest BCUT2D eigenvalue weighted by atomic mass is 35.5. The van der Waals surface area contributed by atoms with Crippen molar-refractivity contribution in [2.75, 3.05) is 14.2 Å². The molecule has 0 saturated carbocycles. The predicted octanol–water partition coefficient (Wildman–Crippen LogP) is 4.05. The molecule has 2 nitrogen and oxygen atoms in total. The molecule has 0 aliphatic rings. The SMILES string of the molecule is CCC(CC)C(NC)c1cc(Cl)ccc1OC. The van der Waals surface area contributed by atoms with E-state index >= 15 is 0 Å². The molecule has 1 atom stereocenters. The Hall–Kier alpha value is -0.730. The standard InChI is InChI=1S/C14H22ClNO/c1-5-10(6-2)14(16-3)12-9-11(15)7-8-13(12)17-4/h7-10,14,16H,5-6H2,1-4H3. The molecule has 1 rings (SSSR count). The van der Waals surface area contributed by atoms with Crippen molar-refractivity contribution in [1.29, 1.82) is 0 Å². The minimum absolute atomic E-state index is 0.290. The van der Waals surface area contributed by atoms with Gasteiger partial charge in [-0.25, -0.2) is 0 Å². The zero-order chi connectivity index (χ0) is 12.8. The number of halogens is 1. The molecule has 0 aliphatic carbocycles. The van der Waals surface area contributed by atoms with E-state index in [9.17, 15) is 0 Å². The van der Waals surface area contributed by atoms with E-state index in [1.54, 1.807) is 7.11 Å². The lowest BCUT2D eigenvalue weighted by Crippen LogP contribution is -2.25. The Kier molecular flexibility index (Phi) is 5.79. The van der Waals surface area contributed by atoms with E-state index in [0.717, 1.165) is 29.2 Å². The lowest BCUT2D eigenvalue weighted by Gasteiger charge is -2.27. The van der Waals surface area contributed by atoms with Crippen LogP contribution < -0.4 is 10.1 Å². The van der Waals surface area contributed by atoms with Crippen LogP contribution in [0.1, 0.15) is 38.3 Å². The van der Waals surface area contributed by atoms with Gasteiger partial charge in [-0.3, -0.25) is 0 Å². The number of hydrogen-bond acceptors (Lipinski definition) is 2. The molecule has 0 aliphatic heterocycles. The average molecular weight is 256 g/mol. The van der Waals surface area contributed by atoms with Gasteiger partial charge in [0, 0.05) is 16.6 Å². The summed E-state index contributed by atoms with van der Waals surface area (Å²) in [6.07, 6.45) is 2.27. The van der Waals surface area contributed by atoms with E-state index in [-0.39, 0.29) is 0 Å². The van der Waals surface area contributed by atoms with Crippen molar-refractivity contribution in [2.45, 2.75) is 32.7 Å². The van der Waals surface area contributed by atoms with Crippen LogP contribution in [-0.4, -0.2) is 14.2 Å². The highest BCUT2D eigenvalue weighted by Crippen LogP contribution is 2.34. The molecule has 1 aromatic rings. The molecule has 0 spiro atoms. The van der Waals surface area contributed by atoms with E-state index in [1.165, 1.54) is 0 Å². The molecule has 0 bridgehead atoms. The summed E-state index contributed by atoms with van der Waals surface area (Å²) in [7, 11) is 3.69. The van der Waals surface area contributed by atoms with Crippen molar-refractivity contribution in [1.82, 2.24) is 5.32 Å². The summed E-state index contributed by atoms with van der Waals surface area (Å²) in [5.74, 6) is 1.49. The predicted molar refractivity (Wildman–Crippen MR) is 73.9 cm³/mol. The Morgan fingerprint density at radius 2 is 1.94 bits per heavy atom. The first-order valence-electron chi connectivity index (χ1n) is 6.18. The molecule has 3 heteroatoms. The third-order valence-electron chi connectivity index (χ3n) is 3.36. The van der Waals surface area contributed by atoms with E-state index in [2.05, 4.69) is 19.2 Å². The van der Waals surface area contributed by atoms with Crippen molar-refractivity contribution < 1.29 is 4.74 Å². The quantitative estimate of drug-likeness (QED) is 0.828. The summed E-state index contributed by atoms with van der Waals surface area (Å²) in [6.45, 7) is 4.44. The summed E-state index contributed by atoms with van der Waals surface area (Å²) in [5.41, 5.74) is 1.15. The van der Waals surface area contributed by atoms with Crippen LogP contribution in [0.2, 0.25) is 5.02 Å². The summed E-state index contributed by atoms with van der Waals surface area (Å²) < 4.78 is 5.42. The van der Waals surface area contributed by atoms with E-state index in [4.69, 9.17) is 16.3 Å². The Morgan fingerprint density at radius 1 is 1.29 bits per heavy atom. The van der Waals surface area contributed by atoms with E-state index in [1.807, 2.05) is 25.2 Å². The van der Waals surface area contributed by atoms with Gasteiger partial charge in [-0.15, -0.1) is 0 Å². The van der Waals surface area contributed by atoms with Gasteiger partial charge in [-0.2, -0.15) is 0 Å². The maximum absolute atomic E-state index is 6.08. The molecule has 17 heavy (non-hydrogen) atoms. The summed E-state index contributed by atoms with van der Waals surface area (Å²) in [4.78, 5) is 0. The first kappa shape index (κ1) is 14.3. The molecule has 1 unspecified atom stereocenters. The van der Waals surface area contributed by atoms with Gasteiger partial charge in [0.2, 0.25) is 0 Å². The summed E-state index contributed by atoms with van der Waals surface area (Å²) in [5, 5.41) is 4.14. The summed E-state index contributed by atoms with van der Waals surface area (Å²) in [6, 6.07) is 6.09. The molecule has 0 fully saturated rings. The monoisotopic (exact) mass is 255 g/mol. The molecular weight excluding hydrogens is 234 g/mol. The van der Waals surface area contributed by atoms with Gasteiger partial charge >= 0.3 is 0 Å². The number of benzene rings is 1. The van der Waals surface area contributed by atoms with E-state index < -0.39 is 0 Å². The van der Waals surface area contributed by atoms with Crippen molar-refractivity contribution in [2.24, 2.45) is 5.92 Å². The number of hydrogen-bond donors (Lipinski definition) is 1. The zero-order valence-electron chi connectivity index (χ0n) is 11.1. The lowest BCUT2D eigenvalue weighted by atomic mass is 9.88. The molecule has 0 radical (unpaired) electrons. The number of rotatable bonds is 6. The largest absolute Gasteiger partial charge is 0.496 e. The maximum Gasteiger partial charge on any atom is 0.123 e. The number of methoxy groups -OCH3 is 1. The van der Waals surface area contributed by atoms with Crippen LogP contribution in [0, 0.1) is 5.92 Å². The fourth-order valence-electron chi connectivity index (χ4n) is 2.35. The van der Waals surface area contributed by atoms with Gasteiger partial charge in [0.05, 0.1) is 7.11 Å². The van der Waals surface area contributed by atoms with Crippen LogP contribution >= 0.6 is 11.6 Å². The first-order valence-corrected chi connectivity index (χ1v) is 6.56. The van der Waals surface area contributed by atoms with Crippen LogP contribution in [0.15, 0.2) is 18.2 Å². The van der Waals surface area contributed by atoms with Crippen molar-refractivity contribution in [3.63, 3.8) is 0 Å². The maximum atomic E-state index is 6.08. The Balaban J connectivity index is 3.13. The zero-order valence-corrected chi connectivity index (χ0v) is 11.8.